The lowest BCUT2D eigenvalue weighted by Crippen LogP contribution is -2.77. The first kappa shape index (κ1) is 34.7. The molecule has 0 radical (unpaired) electrons. The van der Waals surface area contributed by atoms with E-state index < -0.39 is 36.7 Å². The summed E-state index contributed by atoms with van der Waals surface area (Å²) in [5.74, 6) is -0.172. The van der Waals surface area contributed by atoms with Crippen molar-refractivity contribution in [2.24, 2.45) is 11.8 Å². The van der Waals surface area contributed by atoms with Crippen LogP contribution in [0.4, 0.5) is 5.82 Å². The topological polar surface area (TPSA) is 164 Å². The van der Waals surface area contributed by atoms with Crippen molar-refractivity contribution in [2.75, 3.05) is 25.3 Å². The second-order valence-electron chi connectivity index (χ2n) is 14.1. The Labute approximate surface area is 272 Å². The molecule has 256 valence electrons. The van der Waals surface area contributed by atoms with Crippen molar-refractivity contribution in [1.29, 1.82) is 0 Å². The number of ether oxygens (including phenoxy) is 3. The minimum atomic E-state index is -3.59. The highest BCUT2D eigenvalue weighted by Gasteiger charge is 2.68. The fourth-order valence-corrected chi connectivity index (χ4v) is 10.5. The van der Waals surface area contributed by atoms with Crippen molar-refractivity contribution >= 4 is 36.4 Å². The van der Waals surface area contributed by atoms with Crippen LogP contribution in [0.1, 0.15) is 105 Å². The lowest BCUT2D eigenvalue weighted by molar-refractivity contribution is -0.172. The molecule has 3 aliphatic rings. The quantitative estimate of drug-likeness (QED) is 0.170. The van der Waals surface area contributed by atoms with Crippen molar-refractivity contribution in [3.05, 3.63) is 12.7 Å². The molecule has 2 aromatic rings. The standard InChI is InChI=1S/C32H52N7O6P/c1-23(17-38-21-36-26-27(33)34-20-35-28(26)38)45-22-46(42)37-32(4,30(41)44-19-25-15-11-7-8-12-16-25)39(46)31(2,3)29(40)43-18-24-13-9-5-6-10-14-24/h20-21,23-25H,5-19,22H2,1-4H3,(H,37,42)(H2,33,34,35)/t23-,32?,46?/m1/s1. The number of fused-ring (bicyclic) bond motifs is 1. The zero-order valence-corrected chi connectivity index (χ0v) is 28.8. The van der Waals surface area contributed by atoms with Gasteiger partial charge in [0, 0.05) is 0 Å². The Morgan fingerprint density at radius 1 is 1.00 bits per heavy atom. The normalized spacial score (nSPS) is 26.2. The van der Waals surface area contributed by atoms with E-state index in [2.05, 4.69) is 20.0 Å². The molecule has 3 atom stereocenters. The highest BCUT2D eigenvalue weighted by Crippen LogP contribution is 2.63. The number of carbonyl (C=O) groups is 2. The average molecular weight is 662 g/mol. The summed E-state index contributed by atoms with van der Waals surface area (Å²) in [5.41, 5.74) is 4.10. The van der Waals surface area contributed by atoms with E-state index in [4.69, 9.17) is 19.9 Å². The van der Waals surface area contributed by atoms with Gasteiger partial charge in [0.25, 0.3) is 0 Å². The lowest BCUT2D eigenvalue weighted by Gasteiger charge is -2.59. The monoisotopic (exact) mass is 661 g/mol. The molecule has 3 heterocycles. The van der Waals surface area contributed by atoms with Crippen LogP contribution in [0.25, 0.3) is 11.2 Å². The van der Waals surface area contributed by atoms with Crippen molar-refractivity contribution in [3.8, 4) is 0 Å². The number of hydrogen-bond acceptors (Lipinski definition) is 10. The van der Waals surface area contributed by atoms with Gasteiger partial charge in [0.15, 0.2) is 17.1 Å². The molecule has 14 heteroatoms. The number of aromatic nitrogens is 4. The number of nitrogens with two attached hydrogens (primary N) is 1. The minimum Gasteiger partial charge on any atom is -0.464 e. The maximum atomic E-state index is 14.6. The number of nitrogens with zero attached hydrogens (tertiary/aromatic N) is 5. The average Bonchev–Trinajstić information content (AvgIpc) is 3.18. The summed E-state index contributed by atoms with van der Waals surface area (Å²) in [4.78, 5) is 40.0. The van der Waals surface area contributed by atoms with E-state index in [0.29, 0.717) is 42.8 Å². The number of esters is 2. The lowest BCUT2D eigenvalue weighted by atomic mass is 10.00. The van der Waals surface area contributed by atoms with Gasteiger partial charge in [0.2, 0.25) is 7.44 Å². The van der Waals surface area contributed by atoms with Crippen LogP contribution in [0.15, 0.2) is 12.7 Å². The predicted octanol–water partition coefficient (Wildman–Crippen LogP) is 5.39. The van der Waals surface area contributed by atoms with E-state index in [0.717, 1.165) is 51.4 Å². The Hall–Kier alpha value is -2.60. The van der Waals surface area contributed by atoms with Crippen molar-refractivity contribution in [2.45, 2.75) is 129 Å². The highest BCUT2D eigenvalue weighted by molar-refractivity contribution is 7.61. The maximum Gasteiger partial charge on any atom is 0.342 e. The van der Waals surface area contributed by atoms with Crippen LogP contribution in [0, 0.1) is 11.8 Å². The Kier molecular flexibility index (Phi) is 11.1. The summed E-state index contributed by atoms with van der Waals surface area (Å²) in [7, 11) is -3.59. The number of carbonyl (C=O) groups excluding carboxylic acids is 2. The fourth-order valence-electron chi connectivity index (χ4n) is 7.34. The Bertz CT molecular complexity index is 1360. The molecule has 1 saturated heterocycles. The van der Waals surface area contributed by atoms with Gasteiger partial charge in [-0.05, 0) is 65.2 Å². The number of anilines is 1. The van der Waals surface area contributed by atoms with Crippen LogP contribution in [-0.4, -0.2) is 73.0 Å². The van der Waals surface area contributed by atoms with Gasteiger partial charge in [-0.1, -0.05) is 51.4 Å². The van der Waals surface area contributed by atoms with E-state index in [1.807, 2.05) is 6.92 Å². The van der Waals surface area contributed by atoms with Gasteiger partial charge in [-0.3, -0.25) is 9.36 Å². The summed E-state index contributed by atoms with van der Waals surface area (Å²) >= 11 is 0. The van der Waals surface area contributed by atoms with Gasteiger partial charge < -0.3 is 24.5 Å². The zero-order valence-electron chi connectivity index (χ0n) is 27.9. The largest absolute Gasteiger partial charge is 0.464 e. The van der Waals surface area contributed by atoms with Crippen LogP contribution in [0.5, 0.6) is 0 Å². The molecule has 0 spiro atoms. The molecule has 0 aromatic carbocycles. The molecule has 2 aromatic heterocycles. The van der Waals surface area contributed by atoms with Gasteiger partial charge in [0.05, 0.1) is 32.2 Å². The summed E-state index contributed by atoms with van der Waals surface area (Å²) in [6.45, 7) is 7.79. The molecule has 3 N–H and O–H groups in total. The molecule has 0 amide bonds. The van der Waals surface area contributed by atoms with E-state index in [1.165, 1.54) is 36.7 Å². The number of nitrogen functional groups attached to an aromatic ring is 1. The maximum absolute atomic E-state index is 14.6. The van der Waals surface area contributed by atoms with Gasteiger partial charge in [-0.15, -0.1) is 0 Å². The zero-order chi connectivity index (χ0) is 33.0. The third-order valence-corrected chi connectivity index (χ3v) is 12.7. The van der Waals surface area contributed by atoms with Gasteiger partial charge >= 0.3 is 11.9 Å². The second kappa shape index (κ2) is 14.7. The molecular formula is C32H52N7O6P. The smallest absolute Gasteiger partial charge is 0.342 e. The third-order valence-electron chi connectivity index (χ3n) is 9.83. The van der Waals surface area contributed by atoms with Crippen LogP contribution >= 0.6 is 7.44 Å². The van der Waals surface area contributed by atoms with Crippen LogP contribution in [0.3, 0.4) is 0 Å². The molecule has 3 fully saturated rings. The predicted molar refractivity (Wildman–Crippen MR) is 175 cm³/mol. The first-order valence-corrected chi connectivity index (χ1v) is 18.8. The van der Waals surface area contributed by atoms with Crippen LogP contribution in [0.2, 0.25) is 0 Å². The Morgan fingerprint density at radius 3 is 2.20 bits per heavy atom. The fraction of sp³-hybridized carbons (Fsp3) is 0.781. The molecule has 2 aliphatic carbocycles. The van der Waals surface area contributed by atoms with E-state index in [9.17, 15) is 14.2 Å². The first-order valence-electron chi connectivity index (χ1n) is 17.0. The first-order chi connectivity index (χ1) is 21.9. The van der Waals surface area contributed by atoms with Crippen molar-refractivity contribution in [3.63, 3.8) is 0 Å². The summed E-state index contributed by atoms with van der Waals surface area (Å²) in [5, 5.41) is 3.03. The molecular weight excluding hydrogens is 609 g/mol. The summed E-state index contributed by atoms with van der Waals surface area (Å²) < 4.78 is 35.7. The molecule has 2 unspecified atom stereocenters. The molecule has 5 rings (SSSR count). The number of hydrogen-bond donors (Lipinski definition) is 2. The summed E-state index contributed by atoms with van der Waals surface area (Å²) in [6, 6.07) is 0. The van der Waals surface area contributed by atoms with Gasteiger partial charge in [-0.2, -0.15) is 4.67 Å². The number of nitrogens with one attached hydrogen (secondary N) is 1. The number of rotatable bonds is 12. The second-order valence-corrected chi connectivity index (χ2v) is 16.4. The molecule has 0 bridgehead atoms. The number of imidazole rings is 1. The van der Waals surface area contributed by atoms with E-state index in [-0.39, 0.29) is 12.2 Å². The minimum absolute atomic E-state index is 0.233. The third kappa shape index (κ3) is 7.58. The molecule has 1 aliphatic heterocycles. The van der Waals surface area contributed by atoms with Crippen LogP contribution in [-0.2, 0) is 34.9 Å². The molecule has 46 heavy (non-hydrogen) atoms. The van der Waals surface area contributed by atoms with E-state index in [1.54, 1.807) is 31.7 Å². The highest BCUT2D eigenvalue weighted by atomic mass is 31.2. The molecule has 13 nitrogen and oxygen atoms in total. The Balaban J connectivity index is 1.29. The summed E-state index contributed by atoms with van der Waals surface area (Å²) in [6.07, 6.45) is 15.8. The SMILES string of the molecule is C[C@H](Cn1cnc2c(N)ncnc21)OCP1(=O)NC(C)(C(=O)OCC2CCCCCC2)N1C(C)(C)C(=O)OCC1CCCCCC1. The van der Waals surface area contributed by atoms with Crippen molar-refractivity contribution in [1.82, 2.24) is 29.3 Å². The van der Waals surface area contributed by atoms with E-state index >= 15 is 0 Å². The van der Waals surface area contributed by atoms with Gasteiger partial charge in [0.1, 0.15) is 23.7 Å². The van der Waals surface area contributed by atoms with Crippen LogP contribution < -0.4 is 10.8 Å². The van der Waals surface area contributed by atoms with Gasteiger partial charge in [-0.25, -0.2) is 24.8 Å². The van der Waals surface area contributed by atoms with Crippen molar-refractivity contribution < 1.29 is 28.4 Å². The Morgan fingerprint density at radius 2 is 1.59 bits per heavy atom. The molecule has 2 saturated carbocycles.